The van der Waals surface area contributed by atoms with Gasteiger partial charge in [-0.1, -0.05) is 30.2 Å². The Bertz CT molecular complexity index is 791. The predicted molar refractivity (Wildman–Crippen MR) is 116 cm³/mol. The number of rotatable bonds is 11. The smallest absolute Gasteiger partial charge is 0.343 e. The van der Waals surface area contributed by atoms with Crippen LogP contribution in [0.3, 0.4) is 0 Å². The lowest BCUT2D eigenvalue weighted by atomic mass is 10.0. The van der Waals surface area contributed by atoms with Crippen LogP contribution >= 0.6 is 0 Å². The summed E-state index contributed by atoms with van der Waals surface area (Å²) >= 11 is 0. The van der Waals surface area contributed by atoms with Gasteiger partial charge in [-0.05, 0) is 89.3 Å². The number of aryl methyl sites for hydroxylation is 1. The Morgan fingerprint density at radius 2 is 1.90 bits per heavy atom. The molecular formula is C25H34O4. The van der Waals surface area contributed by atoms with E-state index in [0.717, 1.165) is 44.9 Å². The van der Waals surface area contributed by atoms with E-state index in [-0.39, 0.29) is 17.3 Å². The Balaban J connectivity index is 1.64. The number of cyclic esters (lactones) is 1. The van der Waals surface area contributed by atoms with Crippen molar-refractivity contribution in [1.29, 1.82) is 0 Å². The molecule has 1 aliphatic heterocycles. The zero-order valence-corrected chi connectivity index (χ0v) is 18.2. The van der Waals surface area contributed by atoms with Crippen LogP contribution in [0.1, 0.15) is 71.8 Å². The number of esters is 1. The summed E-state index contributed by atoms with van der Waals surface area (Å²) in [6.45, 7) is 8.04. The van der Waals surface area contributed by atoms with E-state index in [1.165, 1.54) is 16.7 Å². The van der Waals surface area contributed by atoms with Crippen molar-refractivity contribution in [2.45, 2.75) is 72.6 Å². The molecule has 0 saturated heterocycles. The Morgan fingerprint density at radius 1 is 1.17 bits per heavy atom. The summed E-state index contributed by atoms with van der Waals surface area (Å²) in [5, 5.41) is 9.88. The first kappa shape index (κ1) is 22.8. The maximum Gasteiger partial charge on any atom is 0.343 e. The number of hydrogen-bond donors (Lipinski definition) is 1. The molecule has 2 heterocycles. The third-order valence-corrected chi connectivity index (χ3v) is 5.30. The third kappa shape index (κ3) is 7.80. The molecule has 0 saturated carbocycles. The number of aliphatic hydroxyl groups is 1. The minimum atomic E-state index is -0.457. The van der Waals surface area contributed by atoms with E-state index >= 15 is 0 Å². The van der Waals surface area contributed by atoms with E-state index in [2.05, 4.69) is 32.9 Å². The van der Waals surface area contributed by atoms with Gasteiger partial charge in [0.2, 0.25) is 0 Å². The minimum absolute atomic E-state index is 0.0273. The number of aliphatic hydroxyl groups excluding tert-OH is 1. The van der Waals surface area contributed by atoms with Gasteiger partial charge in [-0.3, -0.25) is 0 Å². The standard InChI is InChI=1S/C25H34O4/c1-18(8-5-9-19(2)11-7-13-22-14-15-28-17-22)10-6-12-20(3)16-23-24(26)21(4)25(27)29-23/h9-10,14-17,20,26H,5-8,11-13H2,1-4H3/b18-10+,19-9+,23-16+. The second-order valence-corrected chi connectivity index (χ2v) is 8.07. The monoisotopic (exact) mass is 398 g/mol. The Labute approximate surface area is 174 Å². The van der Waals surface area contributed by atoms with Gasteiger partial charge in [0.25, 0.3) is 0 Å². The summed E-state index contributed by atoms with van der Waals surface area (Å²) in [7, 11) is 0. The normalized spacial score (nSPS) is 17.9. The molecule has 0 aliphatic carbocycles. The van der Waals surface area contributed by atoms with Crippen LogP contribution in [0.5, 0.6) is 0 Å². The maximum atomic E-state index is 11.4. The number of furan rings is 1. The molecular weight excluding hydrogens is 364 g/mol. The largest absolute Gasteiger partial charge is 0.504 e. The Kier molecular flexibility index (Phi) is 9.04. The second kappa shape index (κ2) is 11.5. The first-order valence-electron chi connectivity index (χ1n) is 10.5. The zero-order valence-electron chi connectivity index (χ0n) is 18.2. The summed E-state index contributed by atoms with van der Waals surface area (Å²) in [6, 6.07) is 2.03. The van der Waals surface area contributed by atoms with E-state index in [0.29, 0.717) is 5.76 Å². The molecule has 1 N–H and O–H groups in total. The summed E-state index contributed by atoms with van der Waals surface area (Å²) in [6.07, 6.45) is 17.5. The van der Waals surface area contributed by atoms with Crippen molar-refractivity contribution in [2.75, 3.05) is 0 Å². The number of carbonyl (C=O) groups is 1. The van der Waals surface area contributed by atoms with E-state index in [1.807, 2.05) is 18.4 Å². The quantitative estimate of drug-likeness (QED) is 0.323. The fraction of sp³-hybridized carbons (Fsp3) is 0.480. The molecule has 1 unspecified atom stereocenters. The van der Waals surface area contributed by atoms with Crippen molar-refractivity contribution >= 4 is 5.97 Å². The van der Waals surface area contributed by atoms with Gasteiger partial charge in [-0.25, -0.2) is 4.79 Å². The molecule has 0 amide bonds. The Hall–Kier alpha value is -2.49. The highest BCUT2D eigenvalue weighted by atomic mass is 16.6. The van der Waals surface area contributed by atoms with Crippen LogP contribution in [-0.4, -0.2) is 11.1 Å². The lowest BCUT2D eigenvalue weighted by Gasteiger charge is -2.07. The number of allylic oxidation sites excluding steroid dienone is 5. The molecule has 158 valence electrons. The van der Waals surface area contributed by atoms with Crippen LogP contribution in [0.2, 0.25) is 0 Å². The van der Waals surface area contributed by atoms with Gasteiger partial charge in [0.1, 0.15) is 0 Å². The molecule has 1 aromatic rings. The molecule has 29 heavy (non-hydrogen) atoms. The van der Waals surface area contributed by atoms with Gasteiger partial charge < -0.3 is 14.3 Å². The fourth-order valence-corrected chi connectivity index (χ4v) is 3.31. The lowest BCUT2D eigenvalue weighted by molar-refractivity contribution is -0.133. The van der Waals surface area contributed by atoms with Crippen molar-refractivity contribution in [3.05, 3.63) is 70.6 Å². The van der Waals surface area contributed by atoms with Crippen LogP contribution < -0.4 is 0 Å². The Morgan fingerprint density at radius 3 is 2.55 bits per heavy atom. The molecule has 4 heteroatoms. The molecule has 2 rings (SSSR count). The maximum absolute atomic E-state index is 11.4. The third-order valence-electron chi connectivity index (χ3n) is 5.30. The van der Waals surface area contributed by atoms with E-state index < -0.39 is 5.97 Å². The van der Waals surface area contributed by atoms with Crippen molar-refractivity contribution < 1.29 is 19.1 Å². The molecule has 1 atom stereocenters. The second-order valence-electron chi connectivity index (χ2n) is 8.07. The number of hydrogen-bond acceptors (Lipinski definition) is 4. The molecule has 0 radical (unpaired) electrons. The topological polar surface area (TPSA) is 59.7 Å². The molecule has 0 fully saturated rings. The molecule has 1 aliphatic rings. The van der Waals surface area contributed by atoms with Gasteiger partial charge in [0, 0.05) is 0 Å². The van der Waals surface area contributed by atoms with Crippen molar-refractivity contribution in [2.24, 2.45) is 5.92 Å². The van der Waals surface area contributed by atoms with Crippen LogP contribution in [0.4, 0.5) is 0 Å². The molecule has 1 aromatic heterocycles. The van der Waals surface area contributed by atoms with Gasteiger partial charge >= 0.3 is 5.97 Å². The first-order valence-corrected chi connectivity index (χ1v) is 10.5. The summed E-state index contributed by atoms with van der Waals surface area (Å²) in [4.78, 5) is 11.4. The van der Waals surface area contributed by atoms with Crippen LogP contribution in [0.15, 0.2) is 69.5 Å². The lowest BCUT2D eigenvalue weighted by Crippen LogP contribution is -1.97. The predicted octanol–water partition coefficient (Wildman–Crippen LogP) is 6.96. The van der Waals surface area contributed by atoms with Gasteiger partial charge in [0.05, 0.1) is 18.1 Å². The van der Waals surface area contributed by atoms with Crippen LogP contribution in [0, 0.1) is 5.92 Å². The average Bonchev–Trinajstić information content (AvgIpc) is 3.27. The highest BCUT2D eigenvalue weighted by Gasteiger charge is 2.26. The van der Waals surface area contributed by atoms with Crippen molar-refractivity contribution in [3.8, 4) is 0 Å². The molecule has 4 nitrogen and oxygen atoms in total. The summed E-state index contributed by atoms with van der Waals surface area (Å²) < 4.78 is 10.2. The van der Waals surface area contributed by atoms with E-state index in [1.54, 1.807) is 13.2 Å². The number of ether oxygens (including phenoxy) is 1. The number of carbonyl (C=O) groups excluding carboxylic acids is 1. The van der Waals surface area contributed by atoms with Crippen LogP contribution in [-0.2, 0) is 16.0 Å². The zero-order chi connectivity index (χ0) is 21.2. The van der Waals surface area contributed by atoms with E-state index in [9.17, 15) is 9.90 Å². The van der Waals surface area contributed by atoms with Crippen LogP contribution in [0.25, 0.3) is 0 Å². The summed E-state index contributed by atoms with van der Waals surface area (Å²) in [5.74, 6) is 0.0448. The molecule has 0 bridgehead atoms. The highest BCUT2D eigenvalue weighted by molar-refractivity contribution is 5.93. The molecule has 0 aromatic carbocycles. The van der Waals surface area contributed by atoms with Crippen molar-refractivity contribution in [3.63, 3.8) is 0 Å². The highest BCUT2D eigenvalue weighted by Crippen LogP contribution is 2.26. The fourth-order valence-electron chi connectivity index (χ4n) is 3.31. The van der Waals surface area contributed by atoms with Gasteiger partial charge in [-0.15, -0.1) is 0 Å². The first-order chi connectivity index (χ1) is 13.9. The van der Waals surface area contributed by atoms with Gasteiger partial charge in [-0.2, -0.15) is 0 Å². The van der Waals surface area contributed by atoms with Crippen molar-refractivity contribution in [1.82, 2.24) is 0 Å². The summed E-state index contributed by atoms with van der Waals surface area (Å²) in [5.41, 5.74) is 4.41. The van der Waals surface area contributed by atoms with Gasteiger partial charge in [0.15, 0.2) is 11.5 Å². The average molecular weight is 399 g/mol. The minimum Gasteiger partial charge on any atom is -0.504 e. The SMILES string of the molecule is CC1=C(O)/C(=C\C(C)CC/C=C(\C)CC/C=C(\C)CCCc2ccoc2)OC1=O. The van der Waals surface area contributed by atoms with E-state index in [4.69, 9.17) is 9.15 Å². The molecule has 0 spiro atoms.